The molecule has 0 saturated carbocycles. The van der Waals surface area contributed by atoms with Crippen molar-refractivity contribution in [1.82, 2.24) is 4.98 Å². The topological polar surface area (TPSA) is 51.2 Å². The minimum absolute atomic E-state index is 0.333. The van der Waals surface area contributed by atoms with E-state index in [0.29, 0.717) is 5.56 Å². The molecule has 17 heavy (non-hydrogen) atoms. The first kappa shape index (κ1) is 11.1. The lowest BCUT2D eigenvalue weighted by Gasteiger charge is -2.06. The Bertz CT molecular complexity index is 495. The highest BCUT2D eigenvalue weighted by atomic mass is 16.5. The fourth-order valence-electron chi connectivity index (χ4n) is 1.41. The molecule has 0 bridgehead atoms. The Morgan fingerprint density at radius 3 is 2.24 bits per heavy atom. The summed E-state index contributed by atoms with van der Waals surface area (Å²) in [6, 6.07) is 10.8. The maximum Gasteiger partial charge on any atom is 0.337 e. The maximum absolute atomic E-state index is 11.2. The fourth-order valence-corrected chi connectivity index (χ4v) is 1.41. The third kappa shape index (κ3) is 2.81. The second-order valence-electron chi connectivity index (χ2n) is 3.43. The standard InChI is InChI=1S/C13H12N2O2/c1-17-13(16)10-2-4-11(5-3-10)15-12-6-8-14-9-7-12/h2-9H,1H3,(H,14,15). The predicted octanol–water partition coefficient (Wildman–Crippen LogP) is 2.61. The van der Waals surface area contributed by atoms with Crippen molar-refractivity contribution in [3.63, 3.8) is 0 Å². The van der Waals surface area contributed by atoms with Gasteiger partial charge >= 0.3 is 5.97 Å². The highest BCUT2D eigenvalue weighted by Gasteiger charge is 2.03. The maximum atomic E-state index is 11.2. The van der Waals surface area contributed by atoms with E-state index in [0.717, 1.165) is 11.4 Å². The zero-order chi connectivity index (χ0) is 12.1. The molecule has 0 unspecified atom stereocenters. The van der Waals surface area contributed by atoms with E-state index < -0.39 is 0 Å². The van der Waals surface area contributed by atoms with Crippen LogP contribution in [0.5, 0.6) is 0 Å². The van der Waals surface area contributed by atoms with Gasteiger partial charge in [0.15, 0.2) is 0 Å². The van der Waals surface area contributed by atoms with E-state index in [2.05, 4.69) is 15.0 Å². The molecule has 1 N–H and O–H groups in total. The molecule has 4 nitrogen and oxygen atoms in total. The molecule has 0 spiro atoms. The Balaban J connectivity index is 2.11. The van der Waals surface area contributed by atoms with Gasteiger partial charge in [0.1, 0.15) is 0 Å². The third-order valence-electron chi connectivity index (χ3n) is 2.27. The van der Waals surface area contributed by atoms with Gasteiger partial charge in [-0.25, -0.2) is 4.79 Å². The number of nitrogens with one attached hydrogen (secondary N) is 1. The number of ether oxygens (including phenoxy) is 1. The number of benzene rings is 1. The smallest absolute Gasteiger partial charge is 0.337 e. The quantitative estimate of drug-likeness (QED) is 0.820. The average Bonchev–Trinajstić information content (AvgIpc) is 2.40. The molecular weight excluding hydrogens is 216 g/mol. The van der Waals surface area contributed by atoms with Crippen molar-refractivity contribution in [3.8, 4) is 0 Å². The van der Waals surface area contributed by atoms with Crippen LogP contribution in [0.1, 0.15) is 10.4 Å². The van der Waals surface area contributed by atoms with Crippen LogP contribution in [-0.4, -0.2) is 18.1 Å². The van der Waals surface area contributed by atoms with Crippen LogP contribution in [0, 0.1) is 0 Å². The molecule has 0 aliphatic heterocycles. The molecule has 0 aliphatic rings. The Morgan fingerprint density at radius 1 is 1.06 bits per heavy atom. The van der Waals surface area contributed by atoms with Gasteiger partial charge in [-0.05, 0) is 36.4 Å². The minimum atomic E-state index is -0.333. The average molecular weight is 228 g/mol. The van der Waals surface area contributed by atoms with Crippen LogP contribution in [0.15, 0.2) is 48.8 Å². The third-order valence-corrected chi connectivity index (χ3v) is 2.27. The van der Waals surface area contributed by atoms with E-state index in [1.807, 2.05) is 24.3 Å². The molecule has 1 heterocycles. The molecule has 86 valence electrons. The summed E-state index contributed by atoms with van der Waals surface area (Å²) in [4.78, 5) is 15.2. The number of carbonyl (C=O) groups is 1. The number of nitrogens with zero attached hydrogens (tertiary/aromatic N) is 1. The molecule has 0 amide bonds. The molecule has 1 aromatic heterocycles. The van der Waals surface area contributed by atoms with E-state index in [4.69, 9.17) is 0 Å². The van der Waals surface area contributed by atoms with Gasteiger partial charge in [0.25, 0.3) is 0 Å². The van der Waals surface area contributed by atoms with Gasteiger partial charge in [-0.15, -0.1) is 0 Å². The monoisotopic (exact) mass is 228 g/mol. The number of carbonyl (C=O) groups excluding carboxylic acids is 1. The van der Waals surface area contributed by atoms with Crippen LogP contribution in [0.2, 0.25) is 0 Å². The van der Waals surface area contributed by atoms with Gasteiger partial charge in [0, 0.05) is 23.8 Å². The van der Waals surface area contributed by atoms with Gasteiger partial charge in [-0.1, -0.05) is 0 Å². The van der Waals surface area contributed by atoms with E-state index in [1.165, 1.54) is 7.11 Å². The van der Waals surface area contributed by atoms with Crippen molar-refractivity contribution in [2.45, 2.75) is 0 Å². The lowest BCUT2D eigenvalue weighted by Crippen LogP contribution is -2.00. The van der Waals surface area contributed by atoms with Crippen molar-refractivity contribution in [2.24, 2.45) is 0 Å². The van der Waals surface area contributed by atoms with Gasteiger partial charge in [-0.3, -0.25) is 4.98 Å². The number of rotatable bonds is 3. The van der Waals surface area contributed by atoms with Crippen LogP contribution in [0.3, 0.4) is 0 Å². The summed E-state index contributed by atoms with van der Waals surface area (Å²) in [5.74, 6) is -0.333. The van der Waals surface area contributed by atoms with Crippen LogP contribution < -0.4 is 5.32 Å². The van der Waals surface area contributed by atoms with Gasteiger partial charge in [0.2, 0.25) is 0 Å². The second kappa shape index (κ2) is 5.12. The molecule has 1 aromatic carbocycles. The van der Waals surface area contributed by atoms with Crippen molar-refractivity contribution in [3.05, 3.63) is 54.4 Å². The van der Waals surface area contributed by atoms with Crippen LogP contribution in [-0.2, 0) is 4.74 Å². The summed E-state index contributed by atoms with van der Waals surface area (Å²) in [6.07, 6.45) is 3.43. The first-order valence-corrected chi connectivity index (χ1v) is 5.15. The summed E-state index contributed by atoms with van der Waals surface area (Å²) in [7, 11) is 1.37. The molecule has 0 fully saturated rings. The Morgan fingerprint density at radius 2 is 1.65 bits per heavy atom. The van der Waals surface area contributed by atoms with Crippen LogP contribution in [0.4, 0.5) is 11.4 Å². The normalized spacial score (nSPS) is 9.71. The Hall–Kier alpha value is -2.36. The molecule has 0 saturated heterocycles. The Kier molecular flexibility index (Phi) is 3.35. The molecule has 2 aromatic rings. The number of anilines is 2. The van der Waals surface area contributed by atoms with Gasteiger partial charge < -0.3 is 10.1 Å². The number of hydrogen-bond donors (Lipinski definition) is 1. The van der Waals surface area contributed by atoms with E-state index in [-0.39, 0.29) is 5.97 Å². The largest absolute Gasteiger partial charge is 0.465 e. The van der Waals surface area contributed by atoms with Gasteiger partial charge in [0.05, 0.1) is 12.7 Å². The predicted molar refractivity (Wildman–Crippen MR) is 65.3 cm³/mol. The van der Waals surface area contributed by atoms with Crippen molar-refractivity contribution in [1.29, 1.82) is 0 Å². The lowest BCUT2D eigenvalue weighted by atomic mass is 10.2. The highest BCUT2D eigenvalue weighted by Crippen LogP contribution is 2.16. The van der Waals surface area contributed by atoms with Crippen LogP contribution in [0.25, 0.3) is 0 Å². The first-order chi connectivity index (χ1) is 8.29. The molecule has 0 radical (unpaired) electrons. The number of methoxy groups -OCH3 is 1. The fraction of sp³-hybridized carbons (Fsp3) is 0.0769. The molecule has 2 rings (SSSR count). The summed E-state index contributed by atoms with van der Waals surface area (Å²) in [5.41, 5.74) is 2.39. The molecule has 4 heteroatoms. The Labute approximate surface area is 99.3 Å². The van der Waals surface area contributed by atoms with Crippen LogP contribution >= 0.6 is 0 Å². The number of esters is 1. The minimum Gasteiger partial charge on any atom is -0.465 e. The molecule has 0 aliphatic carbocycles. The number of pyridine rings is 1. The van der Waals surface area contributed by atoms with Crippen molar-refractivity contribution in [2.75, 3.05) is 12.4 Å². The first-order valence-electron chi connectivity index (χ1n) is 5.15. The number of hydrogen-bond acceptors (Lipinski definition) is 4. The zero-order valence-electron chi connectivity index (χ0n) is 9.38. The van der Waals surface area contributed by atoms with E-state index >= 15 is 0 Å². The summed E-state index contributed by atoms with van der Waals surface area (Å²) in [6.45, 7) is 0. The zero-order valence-corrected chi connectivity index (χ0v) is 9.38. The molecule has 0 atom stereocenters. The van der Waals surface area contributed by atoms with Crippen molar-refractivity contribution >= 4 is 17.3 Å². The number of aromatic nitrogens is 1. The lowest BCUT2D eigenvalue weighted by molar-refractivity contribution is 0.0601. The van der Waals surface area contributed by atoms with E-state index in [9.17, 15) is 4.79 Å². The summed E-state index contributed by atoms with van der Waals surface area (Å²) < 4.78 is 4.63. The van der Waals surface area contributed by atoms with Gasteiger partial charge in [-0.2, -0.15) is 0 Å². The second-order valence-corrected chi connectivity index (χ2v) is 3.43. The summed E-state index contributed by atoms with van der Waals surface area (Å²) in [5, 5.41) is 3.20. The van der Waals surface area contributed by atoms with E-state index in [1.54, 1.807) is 24.5 Å². The summed E-state index contributed by atoms with van der Waals surface area (Å²) >= 11 is 0. The van der Waals surface area contributed by atoms with Crippen molar-refractivity contribution < 1.29 is 9.53 Å². The highest BCUT2D eigenvalue weighted by molar-refractivity contribution is 5.89. The SMILES string of the molecule is COC(=O)c1ccc(Nc2ccncc2)cc1. The molecular formula is C13H12N2O2.